The molecule has 192 valence electrons. The molecule has 0 aliphatic rings. The van der Waals surface area contributed by atoms with E-state index < -0.39 is 0 Å². The van der Waals surface area contributed by atoms with E-state index in [9.17, 15) is 0 Å². The van der Waals surface area contributed by atoms with Gasteiger partial charge in [-0.25, -0.2) is 0 Å². The number of rotatable bonds is 3. The van der Waals surface area contributed by atoms with Crippen LogP contribution in [-0.4, -0.2) is 13.7 Å². The lowest BCUT2D eigenvalue weighted by atomic mass is 10.2. The molecule has 9 rings (SSSR count). The summed E-state index contributed by atoms with van der Waals surface area (Å²) in [6.07, 6.45) is 0. The van der Waals surface area contributed by atoms with Crippen LogP contribution in [-0.2, 0) is 0 Å². The topological polar surface area (TPSA) is 14.8 Å². The first-order valence-corrected chi connectivity index (χ1v) is 14.1. The van der Waals surface area contributed by atoms with Gasteiger partial charge in [-0.2, -0.15) is 0 Å². The minimum atomic E-state index is 1.15. The van der Waals surface area contributed by atoms with Gasteiger partial charge in [0.15, 0.2) is 0 Å². The lowest BCUT2D eigenvalue weighted by molar-refractivity contribution is 1.15. The SMILES string of the molecule is c1ccc(-n2c3ccccc3c3c2c2ccccc2n3-c2ccc(-n3c4ccccc4c4ccccc43)cc2)cc1. The van der Waals surface area contributed by atoms with Gasteiger partial charge in [-0.3, -0.25) is 0 Å². The van der Waals surface area contributed by atoms with E-state index >= 15 is 0 Å². The number of para-hydroxylation sites is 5. The van der Waals surface area contributed by atoms with Crippen LogP contribution >= 0.6 is 0 Å². The van der Waals surface area contributed by atoms with Crippen LogP contribution in [0.4, 0.5) is 0 Å². The van der Waals surface area contributed by atoms with Crippen LogP contribution in [0.15, 0.2) is 152 Å². The lowest BCUT2D eigenvalue weighted by Crippen LogP contribution is -1.97. The Kier molecular flexibility index (Phi) is 4.61. The van der Waals surface area contributed by atoms with Crippen molar-refractivity contribution in [3.05, 3.63) is 152 Å². The minimum absolute atomic E-state index is 1.15. The van der Waals surface area contributed by atoms with Crippen LogP contribution in [0.1, 0.15) is 0 Å². The summed E-state index contributed by atoms with van der Waals surface area (Å²) in [6.45, 7) is 0. The maximum atomic E-state index is 2.43. The van der Waals surface area contributed by atoms with Gasteiger partial charge in [0.1, 0.15) is 0 Å². The molecule has 0 saturated carbocycles. The van der Waals surface area contributed by atoms with Crippen molar-refractivity contribution in [1.29, 1.82) is 0 Å². The number of hydrogen-bond donors (Lipinski definition) is 0. The highest BCUT2D eigenvalue weighted by Crippen LogP contribution is 2.41. The molecular formula is C38H25N3. The molecule has 0 bridgehead atoms. The Bertz CT molecular complexity index is 2340. The van der Waals surface area contributed by atoms with Crippen LogP contribution in [0.3, 0.4) is 0 Å². The standard InChI is InChI=1S/C38H25N3/c1-2-12-26(13-3-1)40-35-20-10-6-16-31(35)38-37(40)32-17-7-11-21-36(32)41(38)28-24-22-27(23-25-28)39-33-18-8-4-14-29(33)30-15-5-9-19-34(30)39/h1-25H. The van der Waals surface area contributed by atoms with E-state index in [0.717, 1.165) is 11.4 Å². The smallest absolute Gasteiger partial charge is 0.0803 e. The molecular weight excluding hydrogens is 498 g/mol. The Morgan fingerprint density at radius 1 is 0.244 bits per heavy atom. The van der Waals surface area contributed by atoms with Gasteiger partial charge in [-0.15, -0.1) is 0 Å². The third kappa shape index (κ3) is 3.09. The highest BCUT2D eigenvalue weighted by Gasteiger charge is 2.21. The number of benzene rings is 6. The predicted molar refractivity (Wildman–Crippen MR) is 172 cm³/mol. The van der Waals surface area contributed by atoms with Gasteiger partial charge < -0.3 is 13.7 Å². The normalized spacial score (nSPS) is 11.9. The summed E-state index contributed by atoms with van der Waals surface area (Å²) < 4.78 is 7.22. The highest BCUT2D eigenvalue weighted by molar-refractivity contribution is 6.20. The zero-order chi connectivity index (χ0) is 26.9. The fourth-order valence-corrected chi connectivity index (χ4v) is 6.75. The van der Waals surface area contributed by atoms with Crippen molar-refractivity contribution in [2.24, 2.45) is 0 Å². The molecule has 3 heteroatoms. The van der Waals surface area contributed by atoms with E-state index in [1.54, 1.807) is 0 Å². The van der Waals surface area contributed by atoms with Gasteiger partial charge in [-0.05, 0) is 60.7 Å². The van der Waals surface area contributed by atoms with Gasteiger partial charge >= 0.3 is 0 Å². The zero-order valence-corrected chi connectivity index (χ0v) is 22.3. The molecule has 3 heterocycles. The molecule has 0 aliphatic heterocycles. The van der Waals surface area contributed by atoms with Gasteiger partial charge in [0.05, 0.1) is 33.1 Å². The molecule has 0 fully saturated rings. The van der Waals surface area contributed by atoms with E-state index in [2.05, 4.69) is 165 Å². The molecule has 41 heavy (non-hydrogen) atoms. The predicted octanol–water partition coefficient (Wildman–Crippen LogP) is 9.82. The average molecular weight is 524 g/mol. The lowest BCUT2D eigenvalue weighted by Gasteiger charge is -2.11. The monoisotopic (exact) mass is 523 g/mol. The molecule has 0 aliphatic carbocycles. The van der Waals surface area contributed by atoms with E-state index in [1.807, 2.05) is 0 Å². The fourth-order valence-electron chi connectivity index (χ4n) is 6.75. The Morgan fingerprint density at radius 3 is 1.02 bits per heavy atom. The molecule has 0 saturated heterocycles. The molecule has 0 amide bonds. The second-order valence-electron chi connectivity index (χ2n) is 10.6. The van der Waals surface area contributed by atoms with Crippen LogP contribution in [0.5, 0.6) is 0 Å². The third-order valence-electron chi connectivity index (χ3n) is 8.43. The maximum Gasteiger partial charge on any atom is 0.0803 e. The molecule has 6 aromatic carbocycles. The first-order valence-electron chi connectivity index (χ1n) is 14.1. The van der Waals surface area contributed by atoms with Crippen molar-refractivity contribution in [3.8, 4) is 17.1 Å². The number of hydrogen-bond acceptors (Lipinski definition) is 0. The number of nitrogens with zero attached hydrogens (tertiary/aromatic N) is 3. The first-order chi connectivity index (χ1) is 20.4. The van der Waals surface area contributed by atoms with Crippen LogP contribution in [0.25, 0.3) is 71.7 Å². The summed E-state index contributed by atoms with van der Waals surface area (Å²) in [5, 5.41) is 5.04. The van der Waals surface area contributed by atoms with Gasteiger partial charge in [0, 0.05) is 38.6 Å². The summed E-state index contributed by atoms with van der Waals surface area (Å²) in [5.74, 6) is 0. The molecule has 0 radical (unpaired) electrons. The molecule has 0 unspecified atom stereocenters. The maximum absolute atomic E-state index is 2.43. The Balaban J connectivity index is 1.33. The third-order valence-corrected chi connectivity index (χ3v) is 8.43. The van der Waals surface area contributed by atoms with Crippen molar-refractivity contribution in [3.63, 3.8) is 0 Å². The van der Waals surface area contributed by atoms with Gasteiger partial charge in [0.2, 0.25) is 0 Å². The van der Waals surface area contributed by atoms with Crippen molar-refractivity contribution in [2.45, 2.75) is 0 Å². The molecule has 3 aromatic heterocycles. The Morgan fingerprint density at radius 2 is 0.561 bits per heavy atom. The second-order valence-corrected chi connectivity index (χ2v) is 10.6. The fraction of sp³-hybridized carbons (Fsp3) is 0. The second kappa shape index (κ2) is 8.48. The number of fused-ring (bicyclic) bond motifs is 8. The zero-order valence-electron chi connectivity index (χ0n) is 22.3. The van der Waals surface area contributed by atoms with E-state index in [4.69, 9.17) is 0 Å². The largest absolute Gasteiger partial charge is 0.309 e. The quantitative estimate of drug-likeness (QED) is 0.219. The van der Waals surface area contributed by atoms with Crippen LogP contribution in [0, 0.1) is 0 Å². The molecule has 9 aromatic rings. The summed E-state index contributed by atoms with van der Waals surface area (Å²) in [5.41, 5.74) is 10.8. The summed E-state index contributed by atoms with van der Waals surface area (Å²) in [6, 6.07) is 54.6. The average Bonchev–Trinajstić information content (AvgIpc) is 3.67. The van der Waals surface area contributed by atoms with Crippen molar-refractivity contribution in [1.82, 2.24) is 13.7 Å². The summed E-state index contributed by atoms with van der Waals surface area (Å²) in [7, 11) is 0. The van der Waals surface area contributed by atoms with Crippen LogP contribution in [0.2, 0.25) is 0 Å². The highest BCUT2D eigenvalue weighted by atomic mass is 15.1. The minimum Gasteiger partial charge on any atom is -0.309 e. The Labute approximate surface area is 236 Å². The molecule has 0 N–H and O–H groups in total. The van der Waals surface area contributed by atoms with E-state index in [-0.39, 0.29) is 0 Å². The van der Waals surface area contributed by atoms with Crippen molar-refractivity contribution >= 4 is 54.6 Å². The summed E-state index contributed by atoms with van der Waals surface area (Å²) in [4.78, 5) is 0. The van der Waals surface area contributed by atoms with Gasteiger partial charge in [-0.1, -0.05) is 91.0 Å². The molecule has 0 atom stereocenters. The van der Waals surface area contributed by atoms with Crippen molar-refractivity contribution < 1.29 is 0 Å². The number of aromatic nitrogens is 3. The Hall–Kier alpha value is -5.54. The van der Waals surface area contributed by atoms with Crippen molar-refractivity contribution in [2.75, 3.05) is 0 Å². The van der Waals surface area contributed by atoms with Crippen LogP contribution < -0.4 is 0 Å². The van der Waals surface area contributed by atoms with Gasteiger partial charge in [0.25, 0.3) is 0 Å². The first kappa shape index (κ1) is 22.3. The van der Waals surface area contributed by atoms with E-state index in [0.29, 0.717) is 0 Å². The molecule has 0 spiro atoms. The molecule has 3 nitrogen and oxygen atoms in total. The summed E-state index contributed by atoms with van der Waals surface area (Å²) >= 11 is 0. The van der Waals surface area contributed by atoms with E-state index in [1.165, 1.54) is 60.3 Å².